The van der Waals surface area contributed by atoms with Crippen LogP contribution in [0.5, 0.6) is 0 Å². The van der Waals surface area contributed by atoms with Gasteiger partial charge in [-0.2, -0.15) is 0 Å². The monoisotopic (exact) mass is 373 g/mol. The molecule has 0 saturated heterocycles. The molecule has 0 aliphatic carbocycles. The molecular formula is C8H9BrINOS. The molecule has 0 bridgehead atoms. The molecule has 0 saturated carbocycles. The highest BCUT2D eigenvalue weighted by Gasteiger charge is 2.06. The van der Waals surface area contributed by atoms with Crippen molar-refractivity contribution in [2.75, 3.05) is 11.0 Å². The molecule has 0 spiro atoms. The first-order valence-electron chi connectivity index (χ1n) is 3.83. The Morgan fingerprint density at radius 3 is 2.92 bits per heavy atom. The molecule has 0 aliphatic rings. The van der Waals surface area contributed by atoms with Crippen LogP contribution in [0.1, 0.15) is 16.1 Å². The lowest BCUT2D eigenvalue weighted by molar-refractivity contribution is 0.0958. The number of hydrogen-bond donors (Lipinski definition) is 1. The highest BCUT2D eigenvalue weighted by Crippen LogP contribution is 2.21. The minimum atomic E-state index is 0.0283. The van der Waals surface area contributed by atoms with Gasteiger partial charge in [0.15, 0.2) is 0 Å². The van der Waals surface area contributed by atoms with Crippen molar-refractivity contribution in [2.45, 2.75) is 6.42 Å². The number of halogens is 2. The van der Waals surface area contributed by atoms with Crippen LogP contribution < -0.4 is 5.32 Å². The van der Waals surface area contributed by atoms with Crippen molar-refractivity contribution in [3.8, 4) is 0 Å². The van der Waals surface area contributed by atoms with Gasteiger partial charge in [0.2, 0.25) is 0 Å². The van der Waals surface area contributed by atoms with Crippen LogP contribution in [0.15, 0.2) is 15.9 Å². The van der Waals surface area contributed by atoms with Crippen LogP contribution in [-0.2, 0) is 0 Å². The van der Waals surface area contributed by atoms with E-state index in [2.05, 4.69) is 43.8 Å². The third kappa shape index (κ3) is 3.95. The third-order valence-corrected chi connectivity index (χ3v) is 3.78. The van der Waals surface area contributed by atoms with E-state index >= 15 is 0 Å². The van der Waals surface area contributed by atoms with E-state index in [4.69, 9.17) is 0 Å². The van der Waals surface area contributed by atoms with Crippen LogP contribution in [0.4, 0.5) is 0 Å². The van der Waals surface area contributed by atoms with Gasteiger partial charge in [-0.25, -0.2) is 0 Å². The molecule has 1 rings (SSSR count). The topological polar surface area (TPSA) is 29.1 Å². The fraction of sp³-hybridized carbons (Fsp3) is 0.375. The van der Waals surface area contributed by atoms with Crippen LogP contribution in [0, 0.1) is 0 Å². The molecule has 5 heteroatoms. The quantitative estimate of drug-likeness (QED) is 0.490. The minimum Gasteiger partial charge on any atom is -0.351 e. The Morgan fingerprint density at radius 2 is 2.38 bits per heavy atom. The summed E-state index contributed by atoms with van der Waals surface area (Å²) in [5, 5.41) is 2.86. The van der Waals surface area contributed by atoms with Gasteiger partial charge in [0.05, 0.1) is 8.66 Å². The minimum absolute atomic E-state index is 0.0283. The molecule has 1 amide bonds. The fourth-order valence-electron chi connectivity index (χ4n) is 0.792. The van der Waals surface area contributed by atoms with Gasteiger partial charge < -0.3 is 5.32 Å². The lowest BCUT2D eigenvalue weighted by atomic mass is 10.4. The Labute approximate surface area is 103 Å². The molecule has 72 valence electrons. The molecule has 0 unspecified atom stereocenters. The lowest BCUT2D eigenvalue weighted by Crippen LogP contribution is -2.23. The maximum Gasteiger partial charge on any atom is 0.261 e. The number of rotatable bonds is 4. The van der Waals surface area contributed by atoms with Crippen LogP contribution >= 0.6 is 49.9 Å². The van der Waals surface area contributed by atoms with E-state index in [1.54, 1.807) is 0 Å². The van der Waals surface area contributed by atoms with Gasteiger partial charge in [0, 0.05) is 11.0 Å². The predicted octanol–water partition coefficient (Wildman–Crippen LogP) is 3.07. The summed E-state index contributed by atoms with van der Waals surface area (Å²) in [7, 11) is 0. The fourth-order valence-corrected chi connectivity index (χ4v) is 2.48. The van der Waals surface area contributed by atoms with Gasteiger partial charge in [-0.15, -0.1) is 11.3 Å². The summed E-state index contributed by atoms with van der Waals surface area (Å²) in [6, 6.07) is 3.71. The summed E-state index contributed by atoms with van der Waals surface area (Å²) in [6.45, 7) is 0.761. The second-order valence-electron chi connectivity index (χ2n) is 2.40. The Morgan fingerprint density at radius 1 is 1.62 bits per heavy atom. The van der Waals surface area contributed by atoms with Crippen molar-refractivity contribution >= 4 is 55.8 Å². The molecule has 1 N–H and O–H groups in total. The van der Waals surface area contributed by atoms with Gasteiger partial charge in [0.25, 0.3) is 5.91 Å². The van der Waals surface area contributed by atoms with Crippen molar-refractivity contribution in [1.82, 2.24) is 5.32 Å². The first kappa shape index (κ1) is 11.5. The highest BCUT2D eigenvalue weighted by atomic mass is 127. The molecule has 0 fully saturated rings. The Bertz CT molecular complexity index is 289. The Kier molecular flexibility index (Phi) is 5.27. The largest absolute Gasteiger partial charge is 0.351 e. The zero-order chi connectivity index (χ0) is 9.68. The number of carbonyl (C=O) groups is 1. The third-order valence-electron chi connectivity index (χ3n) is 1.39. The second-order valence-corrected chi connectivity index (χ2v) is 5.94. The summed E-state index contributed by atoms with van der Waals surface area (Å²) >= 11 is 7.07. The van der Waals surface area contributed by atoms with Gasteiger partial charge in [-0.05, 0) is 34.5 Å². The molecule has 2 nitrogen and oxygen atoms in total. The first-order chi connectivity index (χ1) is 6.24. The van der Waals surface area contributed by atoms with Crippen LogP contribution in [0.25, 0.3) is 0 Å². The summed E-state index contributed by atoms with van der Waals surface area (Å²) in [6.07, 6.45) is 1.03. The summed E-state index contributed by atoms with van der Waals surface area (Å²) in [4.78, 5) is 12.2. The van der Waals surface area contributed by atoms with Crippen LogP contribution in [0.2, 0.25) is 0 Å². The standard InChI is InChI=1S/C8H9BrINOS/c9-7-3-2-6(13-7)8(12)11-5-1-4-10/h2-3H,1,4-5H2,(H,11,12). The maximum atomic E-state index is 11.4. The van der Waals surface area contributed by atoms with E-state index in [0.29, 0.717) is 0 Å². The van der Waals surface area contributed by atoms with Crippen LogP contribution in [0.3, 0.4) is 0 Å². The molecule has 13 heavy (non-hydrogen) atoms. The van der Waals surface area contributed by atoms with Crippen molar-refractivity contribution in [2.24, 2.45) is 0 Å². The normalized spacial score (nSPS) is 10.0. The molecule has 1 heterocycles. The van der Waals surface area contributed by atoms with Crippen LogP contribution in [-0.4, -0.2) is 16.9 Å². The lowest BCUT2D eigenvalue weighted by Gasteiger charge is -2.00. The molecular weight excluding hydrogens is 365 g/mol. The van der Waals surface area contributed by atoms with Gasteiger partial charge in [-0.3, -0.25) is 4.79 Å². The molecule has 0 atom stereocenters. The van der Waals surface area contributed by atoms with Crippen molar-refractivity contribution in [3.63, 3.8) is 0 Å². The molecule has 0 aromatic carbocycles. The summed E-state index contributed by atoms with van der Waals surface area (Å²) in [5.41, 5.74) is 0. The van der Waals surface area contributed by atoms with E-state index < -0.39 is 0 Å². The Balaban J connectivity index is 2.40. The molecule has 0 radical (unpaired) electrons. The van der Waals surface area contributed by atoms with E-state index in [1.807, 2.05) is 12.1 Å². The average molecular weight is 374 g/mol. The molecule has 0 aliphatic heterocycles. The number of nitrogens with one attached hydrogen (secondary N) is 1. The Hall–Kier alpha value is 0.380. The SMILES string of the molecule is O=C(NCCCI)c1ccc(Br)s1. The summed E-state index contributed by atoms with van der Waals surface area (Å²) in [5.74, 6) is 0.0283. The number of carbonyl (C=O) groups excluding carboxylic acids is 1. The second kappa shape index (κ2) is 5.98. The zero-order valence-electron chi connectivity index (χ0n) is 6.85. The number of hydrogen-bond acceptors (Lipinski definition) is 2. The number of alkyl halides is 1. The van der Waals surface area contributed by atoms with Crippen molar-refractivity contribution < 1.29 is 4.79 Å². The zero-order valence-corrected chi connectivity index (χ0v) is 11.4. The molecule has 1 aromatic rings. The van der Waals surface area contributed by atoms with E-state index in [0.717, 1.165) is 26.1 Å². The first-order valence-corrected chi connectivity index (χ1v) is 6.97. The van der Waals surface area contributed by atoms with Crippen molar-refractivity contribution in [3.05, 3.63) is 20.8 Å². The van der Waals surface area contributed by atoms with Gasteiger partial charge in [-0.1, -0.05) is 22.6 Å². The smallest absolute Gasteiger partial charge is 0.261 e. The predicted molar refractivity (Wildman–Crippen MR) is 67.9 cm³/mol. The maximum absolute atomic E-state index is 11.4. The number of amides is 1. The highest BCUT2D eigenvalue weighted by molar-refractivity contribution is 14.1. The van der Waals surface area contributed by atoms with E-state index in [9.17, 15) is 4.79 Å². The van der Waals surface area contributed by atoms with E-state index in [-0.39, 0.29) is 5.91 Å². The van der Waals surface area contributed by atoms with Gasteiger partial charge in [0.1, 0.15) is 0 Å². The molecule has 1 aromatic heterocycles. The average Bonchev–Trinajstić information content (AvgIpc) is 2.52. The van der Waals surface area contributed by atoms with Crippen molar-refractivity contribution in [1.29, 1.82) is 0 Å². The van der Waals surface area contributed by atoms with E-state index in [1.165, 1.54) is 11.3 Å². The summed E-state index contributed by atoms with van der Waals surface area (Å²) < 4.78 is 2.07. The van der Waals surface area contributed by atoms with Gasteiger partial charge >= 0.3 is 0 Å². The number of thiophene rings is 1.